The number of aromatic nitrogens is 2. The Balaban J connectivity index is 2.36. The quantitative estimate of drug-likeness (QED) is 0.764. The SMILES string of the molecule is CCN(CC(=O)NC(C)(C)C)C(=O)c1ccc2c(c1)[nH]c(=O)c(=O)n2CC. The highest BCUT2D eigenvalue weighted by Gasteiger charge is 2.21. The maximum absolute atomic E-state index is 12.8. The number of hydrogen-bond acceptors (Lipinski definition) is 4. The molecular formula is C19H26N4O4. The van der Waals surface area contributed by atoms with E-state index in [0.29, 0.717) is 29.7 Å². The fraction of sp³-hybridized carbons (Fsp3) is 0.474. The van der Waals surface area contributed by atoms with Crippen molar-refractivity contribution in [2.24, 2.45) is 0 Å². The van der Waals surface area contributed by atoms with E-state index in [1.54, 1.807) is 26.0 Å². The number of carbonyl (C=O) groups excluding carboxylic acids is 2. The van der Waals surface area contributed by atoms with Gasteiger partial charge in [0.25, 0.3) is 5.91 Å². The molecule has 0 fully saturated rings. The van der Waals surface area contributed by atoms with E-state index in [1.807, 2.05) is 20.8 Å². The lowest BCUT2D eigenvalue weighted by Crippen LogP contribution is -2.47. The van der Waals surface area contributed by atoms with Gasteiger partial charge in [0.15, 0.2) is 0 Å². The minimum atomic E-state index is -0.731. The Hall–Kier alpha value is -2.90. The first-order chi connectivity index (χ1) is 12.6. The van der Waals surface area contributed by atoms with E-state index in [9.17, 15) is 19.2 Å². The second-order valence-electron chi connectivity index (χ2n) is 7.35. The van der Waals surface area contributed by atoms with Gasteiger partial charge in [-0.1, -0.05) is 0 Å². The van der Waals surface area contributed by atoms with E-state index in [0.717, 1.165) is 0 Å². The van der Waals surface area contributed by atoms with Crippen molar-refractivity contribution in [3.05, 3.63) is 44.5 Å². The van der Waals surface area contributed by atoms with Gasteiger partial charge >= 0.3 is 11.1 Å². The third-order valence-electron chi connectivity index (χ3n) is 4.06. The number of hydrogen-bond donors (Lipinski definition) is 2. The molecule has 2 rings (SSSR count). The summed E-state index contributed by atoms with van der Waals surface area (Å²) in [6.07, 6.45) is 0. The van der Waals surface area contributed by atoms with Gasteiger partial charge in [0.1, 0.15) is 0 Å². The summed E-state index contributed by atoms with van der Waals surface area (Å²) in [5, 5.41) is 2.83. The summed E-state index contributed by atoms with van der Waals surface area (Å²) >= 11 is 0. The monoisotopic (exact) mass is 374 g/mol. The molecule has 1 aromatic heterocycles. The fourth-order valence-corrected chi connectivity index (χ4v) is 2.87. The maximum Gasteiger partial charge on any atom is 0.316 e. The van der Waals surface area contributed by atoms with Gasteiger partial charge < -0.3 is 19.8 Å². The number of fused-ring (bicyclic) bond motifs is 1. The van der Waals surface area contributed by atoms with Crippen LogP contribution in [-0.2, 0) is 11.3 Å². The van der Waals surface area contributed by atoms with Crippen LogP contribution in [0.3, 0.4) is 0 Å². The molecule has 2 N–H and O–H groups in total. The topological polar surface area (TPSA) is 104 Å². The molecule has 0 spiro atoms. The predicted molar refractivity (Wildman–Crippen MR) is 104 cm³/mol. The molecule has 1 aromatic carbocycles. The number of likely N-dealkylation sites (N-methyl/N-ethyl adjacent to an activating group) is 1. The molecule has 0 aliphatic carbocycles. The number of nitrogens with one attached hydrogen (secondary N) is 2. The zero-order valence-electron chi connectivity index (χ0n) is 16.4. The van der Waals surface area contributed by atoms with Crippen LogP contribution in [0.25, 0.3) is 11.0 Å². The average molecular weight is 374 g/mol. The van der Waals surface area contributed by atoms with Crippen LogP contribution in [-0.4, -0.2) is 44.9 Å². The summed E-state index contributed by atoms with van der Waals surface area (Å²) < 4.78 is 1.36. The number of carbonyl (C=O) groups is 2. The first-order valence-corrected chi connectivity index (χ1v) is 8.94. The number of aryl methyl sites for hydroxylation is 1. The van der Waals surface area contributed by atoms with Crippen LogP contribution in [0, 0.1) is 0 Å². The summed E-state index contributed by atoms with van der Waals surface area (Å²) in [6.45, 7) is 9.82. The number of amides is 2. The van der Waals surface area contributed by atoms with Crippen molar-refractivity contribution >= 4 is 22.8 Å². The molecule has 0 aliphatic heterocycles. The van der Waals surface area contributed by atoms with Crippen molar-refractivity contribution in [2.45, 2.75) is 46.7 Å². The van der Waals surface area contributed by atoms with Gasteiger partial charge in [0.05, 0.1) is 17.6 Å². The maximum atomic E-state index is 12.8. The van der Waals surface area contributed by atoms with Gasteiger partial charge in [0, 0.05) is 24.2 Å². The smallest absolute Gasteiger partial charge is 0.316 e. The molecule has 8 heteroatoms. The highest BCUT2D eigenvalue weighted by molar-refractivity contribution is 5.99. The second kappa shape index (κ2) is 7.77. The minimum Gasteiger partial charge on any atom is -0.350 e. The Morgan fingerprint density at radius 1 is 1.19 bits per heavy atom. The highest BCUT2D eigenvalue weighted by Crippen LogP contribution is 2.14. The molecule has 2 aromatic rings. The molecular weight excluding hydrogens is 348 g/mol. The standard InChI is InChI=1S/C19H26N4O4/c1-6-22(11-15(24)21-19(3,4)5)17(26)12-8-9-14-13(10-12)20-16(25)18(27)23(14)7-2/h8-10H,6-7,11H2,1-5H3,(H,20,25)(H,21,24). The van der Waals surface area contributed by atoms with E-state index in [4.69, 9.17) is 0 Å². The number of rotatable bonds is 5. The van der Waals surface area contributed by atoms with Crippen molar-refractivity contribution in [1.82, 2.24) is 19.8 Å². The van der Waals surface area contributed by atoms with Crippen molar-refractivity contribution in [1.29, 1.82) is 0 Å². The zero-order chi connectivity index (χ0) is 20.4. The van der Waals surface area contributed by atoms with Crippen LogP contribution in [0.5, 0.6) is 0 Å². The van der Waals surface area contributed by atoms with Crippen LogP contribution in [0.1, 0.15) is 45.0 Å². The molecule has 0 atom stereocenters. The van der Waals surface area contributed by atoms with E-state index in [1.165, 1.54) is 15.5 Å². The molecule has 1 heterocycles. The molecule has 0 radical (unpaired) electrons. The second-order valence-corrected chi connectivity index (χ2v) is 7.35. The van der Waals surface area contributed by atoms with Gasteiger partial charge in [-0.25, -0.2) is 0 Å². The molecule has 0 unspecified atom stereocenters. The summed E-state index contributed by atoms with van der Waals surface area (Å²) in [5.41, 5.74) is -0.449. The predicted octanol–water partition coefficient (Wildman–Crippen LogP) is 1.09. The molecule has 0 saturated heterocycles. The zero-order valence-corrected chi connectivity index (χ0v) is 16.4. The first kappa shape index (κ1) is 20.4. The largest absolute Gasteiger partial charge is 0.350 e. The van der Waals surface area contributed by atoms with Gasteiger partial charge in [0.2, 0.25) is 5.91 Å². The van der Waals surface area contributed by atoms with Gasteiger partial charge in [-0.15, -0.1) is 0 Å². The minimum absolute atomic E-state index is 0.0599. The Bertz CT molecular complexity index is 982. The lowest BCUT2D eigenvalue weighted by molar-refractivity contribution is -0.123. The van der Waals surface area contributed by atoms with Crippen LogP contribution in [0.4, 0.5) is 0 Å². The van der Waals surface area contributed by atoms with Crippen molar-refractivity contribution in [3.63, 3.8) is 0 Å². The Labute approximate surface area is 157 Å². The molecule has 0 saturated carbocycles. The lowest BCUT2D eigenvalue weighted by atomic mass is 10.1. The molecule has 2 amide bonds. The Morgan fingerprint density at radius 2 is 1.85 bits per heavy atom. The van der Waals surface area contributed by atoms with Crippen molar-refractivity contribution in [3.8, 4) is 0 Å². The van der Waals surface area contributed by atoms with E-state index in [2.05, 4.69) is 10.3 Å². The number of nitrogens with zero attached hydrogens (tertiary/aromatic N) is 2. The summed E-state index contributed by atoms with van der Waals surface area (Å²) in [4.78, 5) is 52.7. The van der Waals surface area contributed by atoms with E-state index in [-0.39, 0.29) is 23.9 Å². The molecule has 0 bridgehead atoms. The van der Waals surface area contributed by atoms with Crippen LogP contribution in [0.2, 0.25) is 0 Å². The van der Waals surface area contributed by atoms with Gasteiger partial charge in [-0.05, 0) is 52.8 Å². The van der Waals surface area contributed by atoms with E-state index >= 15 is 0 Å². The lowest BCUT2D eigenvalue weighted by Gasteiger charge is -2.25. The van der Waals surface area contributed by atoms with Crippen LogP contribution >= 0.6 is 0 Å². The molecule has 8 nitrogen and oxygen atoms in total. The molecule has 27 heavy (non-hydrogen) atoms. The van der Waals surface area contributed by atoms with Crippen molar-refractivity contribution < 1.29 is 9.59 Å². The van der Waals surface area contributed by atoms with Gasteiger partial charge in [-0.2, -0.15) is 0 Å². The first-order valence-electron chi connectivity index (χ1n) is 8.94. The van der Waals surface area contributed by atoms with Gasteiger partial charge in [-0.3, -0.25) is 19.2 Å². The highest BCUT2D eigenvalue weighted by atomic mass is 16.2. The molecule has 0 aliphatic rings. The third kappa shape index (κ3) is 4.64. The van der Waals surface area contributed by atoms with E-state index < -0.39 is 11.1 Å². The van der Waals surface area contributed by atoms with Crippen LogP contribution < -0.4 is 16.4 Å². The number of benzene rings is 1. The Morgan fingerprint density at radius 3 is 2.41 bits per heavy atom. The van der Waals surface area contributed by atoms with Crippen molar-refractivity contribution in [2.75, 3.05) is 13.1 Å². The third-order valence-corrected chi connectivity index (χ3v) is 4.06. The molecule has 146 valence electrons. The number of H-pyrrole nitrogens is 1. The summed E-state index contributed by atoms with van der Waals surface area (Å²) in [6, 6.07) is 4.76. The summed E-state index contributed by atoms with van der Waals surface area (Å²) in [5.74, 6) is -0.565. The normalized spacial score (nSPS) is 11.4. The summed E-state index contributed by atoms with van der Waals surface area (Å²) in [7, 11) is 0. The Kier molecular flexibility index (Phi) is 5.88. The van der Waals surface area contributed by atoms with Crippen LogP contribution in [0.15, 0.2) is 27.8 Å². The average Bonchev–Trinajstić information content (AvgIpc) is 2.58. The fourth-order valence-electron chi connectivity index (χ4n) is 2.87. The number of aromatic amines is 1.